The van der Waals surface area contributed by atoms with Crippen molar-refractivity contribution in [2.45, 2.75) is 6.04 Å². The Balaban J connectivity index is 2.33. The van der Waals surface area contributed by atoms with Crippen molar-refractivity contribution in [3.05, 3.63) is 53.9 Å². The summed E-state index contributed by atoms with van der Waals surface area (Å²) >= 11 is 0. The van der Waals surface area contributed by atoms with E-state index in [1.165, 1.54) is 11.1 Å². The highest BCUT2D eigenvalue weighted by Gasteiger charge is 2.12. The molecule has 3 heteroatoms. The van der Waals surface area contributed by atoms with Crippen LogP contribution in [0.5, 0.6) is 0 Å². The number of benzene rings is 1. The maximum absolute atomic E-state index is 4.19. The van der Waals surface area contributed by atoms with Crippen LogP contribution in [-0.4, -0.2) is 16.8 Å². The number of nitrogens with one attached hydrogen (secondary N) is 1. The van der Waals surface area contributed by atoms with Gasteiger partial charge in [0.2, 0.25) is 0 Å². The lowest BCUT2D eigenvalue weighted by atomic mass is 10.0. The van der Waals surface area contributed by atoms with Crippen molar-refractivity contribution in [2.24, 2.45) is 7.05 Å². The lowest BCUT2D eigenvalue weighted by Gasteiger charge is -2.14. The van der Waals surface area contributed by atoms with E-state index in [9.17, 15) is 0 Å². The average Bonchev–Trinajstić information content (AvgIpc) is 2.68. The summed E-state index contributed by atoms with van der Waals surface area (Å²) in [5.41, 5.74) is 2.44. The highest BCUT2D eigenvalue weighted by molar-refractivity contribution is 5.28. The number of aromatic nitrogens is 2. The standard InChI is InChI=1S/C12H15N3/c1-13-12(10-6-4-3-5-7-10)11-8-14-15(2)9-11/h3-9,12-13H,1-2H3. The van der Waals surface area contributed by atoms with Gasteiger partial charge in [-0.25, -0.2) is 0 Å². The molecule has 3 nitrogen and oxygen atoms in total. The number of aryl methyl sites for hydroxylation is 1. The average molecular weight is 201 g/mol. The van der Waals surface area contributed by atoms with Gasteiger partial charge < -0.3 is 5.32 Å². The van der Waals surface area contributed by atoms with E-state index < -0.39 is 0 Å². The number of nitrogens with zero attached hydrogens (tertiary/aromatic N) is 2. The van der Waals surface area contributed by atoms with Crippen molar-refractivity contribution in [1.29, 1.82) is 0 Å². The lowest BCUT2D eigenvalue weighted by molar-refractivity contribution is 0.689. The molecule has 78 valence electrons. The van der Waals surface area contributed by atoms with E-state index >= 15 is 0 Å². The third-order valence-corrected chi connectivity index (χ3v) is 2.48. The molecule has 1 aromatic carbocycles. The van der Waals surface area contributed by atoms with Crippen LogP contribution in [0, 0.1) is 0 Å². The zero-order valence-corrected chi connectivity index (χ0v) is 9.01. The second-order valence-electron chi connectivity index (χ2n) is 3.58. The second-order valence-corrected chi connectivity index (χ2v) is 3.58. The highest BCUT2D eigenvalue weighted by atomic mass is 15.2. The molecule has 1 unspecified atom stereocenters. The van der Waals surface area contributed by atoms with Gasteiger partial charge in [0.1, 0.15) is 0 Å². The van der Waals surface area contributed by atoms with Crippen LogP contribution in [0.15, 0.2) is 42.7 Å². The summed E-state index contributed by atoms with van der Waals surface area (Å²) < 4.78 is 1.82. The van der Waals surface area contributed by atoms with E-state index in [-0.39, 0.29) is 6.04 Å². The number of hydrogen-bond acceptors (Lipinski definition) is 2. The molecule has 0 radical (unpaired) electrons. The molecule has 1 N–H and O–H groups in total. The summed E-state index contributed by atoms with van der Waals surface area (Å²) in [6.07, 6.45) is 3.93. The third kappa shape index (κ3) is 2.07. The molecule has 0 saturated carbocycles. The SMILES string of the molecule is CNC(c1ccccc1)c1cnn(C)c1. The fourth-order valence-electron chi connectivity index (χ4n) is 1.76. The Bertz CT molecular complexity index is 419. The van der Waals surface area contributed by atoms with E-state index in [2.05, 4.69) is 34.7 Å². The first-order valence-corrected chi connectivity index (χ1v) is 5.02. The van der Waals surface area contributed by atoms with Crippen LogP contribution in [0.2, 0.25) is 0 Å². The topological polar surface area (TPSA) is 29.9 Å². The second kappa shape index (κ2) is 4.28. The Hall–Kier alpha value is -1.61. The van der Waals surface area contributed by atoms with Gasteiger partial charge in [-0.2, -0.15) is 5.10 Å². The van der Waals surface area contributed by atoms with Crippen LogP contribution >= 0.6 is 0 Å². The first-order valence-electron chi connectivity index (χ1n) is 5.02. The van der Waals surface area contributed by atoms with E-state index in [0.717, 1.165) is 0 Å². The van der Waals surface area contributed by atoms with Crippen LogP contribution < -0.4 is 5.32 Å². The molecular weight excluding hydrogens is 186 g/mol. The summed E-state index contributed by atoms with van der Waals surface area (Å²) in [5, 5.41) is 7.48. The lowest BCUT2D eigenvalue weighted by Crippen LogP contribution is -2.16. The molecule has 2 aromatic rings. The van der Waals surface area contributed by atoms with Crippen molar-refractivity contribution in [3.8, 4) is 0 Å². The van der Waals surface area contributed by atoms with Gasteiger partial charge in [0.25, 0.3) is 0 Å². The fraction of sp³-hybridized carbons (Fsp3) is 0.250. The molecule has 0 spiro atoms. The van der Waals surface area contributed by atoms with E-state index in [1.807, 2.05) is 37.2 Å². The van der Waals surface area contributed by atoms with Gasteiger partial charge in [-0.15, -0.1) is 0 Å². The van der Waals surface area contributed by atoms with Gasteiger partial charge in [-0.3, -0.25) is 4.68 Å². The van der Waals surface area contributed by atoms with E-state index in [0.29, 0.717) is 0 Å². The molecular formula is C12H15N3. The van der Waals surface area contributed by atoms with Gasteiger partial charge in [0, 0.05) is 18.8 Å². The minimum atomic E-state index is 0.222. The van der Waals surface area contributed by atoms with Crippen LogP contribution in [0.4, 0.5) is 0 Å². The van der Waals surface area contributed by atoms with Gasteiger partial charge in [0.15, 0.2) is 0 Å². The molecule has 0 amide bonds. The zero-order chi connectivity index (χ0) is 10.7. The van der Waals surface area contributed by atoms with Crippen molar-refractivity contribution >= 4 is 0 Å². The molecule has 0 saturated heterocycles. The zero-order valence-electron chi connectivity index (χ0n) is 9.01. The summed E-state index contributed by atoms with van der Waals surface area (Å²) in [6.45, 7) is 0. The van der Waals surface area contributed by atoms with Gasteiger partial charge in [-0.05, 0) is 12.6 Å². The molecule has 0 aliphatic rings. The molecule has 15 heavy (non-hydrogen) atoms. The largest absolute Gasteiger partial charge is 0.309 e. The smallest absolute Gasteiger partial charge is 0.0605 e. The Labute approximate surface area is 89.7 Å². The Morgan fingerprint density at radius 2 is 1.93 bits per heavy atom. The van der Waals surface area contributed by atoms with Crippen molar-refractivity contribution in [2.75, 3.05) is 7.05 Å². The predicted molar refractivity (Wildman–Crippen MR) is 60.6 cm³/mol. The summed E-state index contributed by atoms with van der Waals surface area (Å²) in [4.78, 5) is 0. The van der Waals surface area contributed by atoms with Crippen molar-refractivity contribution in [1.82, 2.24) is 15.1 Å². The molecule has 0 bridgehead atoms. The molecule has 2 rings (SSSR count). The molecule has 0 aliphatic heterocycles. The summed E-state index contributed by atoms with van der Waals surface area (Å²) in [7, 11) is 3.89. The molecule has 1 heterocycles. The molecule has 1 aromatic heterocycles. The molecule has 1 atom stereocenters. The minimum absolute atomic E-state index is 0.222. The summed E-state index contributed by atoms with van der Waals surface area (Å²) in [6, 6.07) is 10.6. The third-order valence-electron chi connectivity index (χ3n) is 2.48. The van der Waals surface area contributed by atoms with Gasteiger partial charge >= 0.3 is 0 Å². The predicted octanol–water partition coefficient (Wildman–Crippen LogP) is 1.73. The van der Waals surface area contributed by atoms with Crippen LogP contribution in [0.3, 0.4) is 0 Å². The maximum atomic E-state index is 4.19. The quantitative estimate of drug-likeness (QED) is 0.819. The van der Waals surface area contributed by atoms with E-state index in [1.54, 1.807) is 0 Å². The van der Waals surface area contributed by atoms with Crippen LogP contribution in [0.1, 0.15) is 17.2 Å². The van der Waals surface area contributed by atoms with Crippen LogP contribution in [0.25, 0.3) is 0 Å². The van der Waals surface area contributed by atoms with Crippen molar-refractivity contribution < 1.29 is 0 Å². The molecule has 0 aliphatic carbocycles. The minimum Gasteiger partial charge on any atom is -0.309 e. The highest BCUT2D eigenvalue weighted by Crippen LogP contribution is 2.20. The van der Waals surface area contributed by atoms with Crippen molar-refractivity contribution in [3.63, 3.8) is 0 Å². The Kier molecular flexibility index (Phi) is 2.83. The van der Waals surface area contributed by atoms with Crippen LogP contribution in [-0.2, 0) is 7.05 Å². The first-order chi connectivity index (χ1) is 7.31. The first kappa shape index (κ1) is 9.93. The fourth-order valence-corrected chi connectivity index (χ4v) is 1.76. The number of rotatable bonds is 3. The Morgan fingerprint density at radius 1 is 1.20 bits per heavy atom. The van der Waals surface area contributed by atoms with E-state index in [4.69, 9.17) is 0 Å². The number of hydrogen-bond donors (Lipinski definition) is 1. The molecule has 0 fully saturated rings. The van der Waals surface area contributed by atoms with Gasteiger partial charge in [0.05, 0.1) is 12.2 Å². The maximum Gasteiger partial charge on any atom is 0.0605 e. The normalized spacial score (nSPS) is 12.7. The summed E-state index contributed by atoms with van der Waals surface area (Å²) in [5.74, 6) is 0. The van der Waals surface area contributed by atoms with Gasteiger partial charge in [-0.1, -0.05) is 30.3 Å². The Morgan fingerprint density at radius 3 is 2.47 bits per heavy atom. The monoisotopic (exact) mass is 201 g/mol.